The van der Waals surface area contributed by atoms with Crippen molar-refractivity contribution in [2.24, 2.45) is 0 Å². The summed E-state index contributed by atoms with van der Waals surface area (Å²) in [5.41, 5.74) is 3.24. The van der Waals surface area contributed by atoms with Crippen molar-refractivity contribution in [1.82, 2.24) is 20.2 Å². The number of allylic oxidation sites excluding steroid dienone is 1. The molecule has 0 amide bonds. The van der Waals surface area contributed by atoms with Gasteiger partial charge in [0, 0.05) is 18.1 Å². The van der Waals surface area contributed by atoms with Crippen LogP contribution in [0.3, 0.4) is 0 Å². The van der Waals surface area contributed by atoms with Crippen LogP contribution < -0.4 is 10.6 Å². The van der Waals surface area contributed by atoms with Crippen molar-refractivity contribution >= 4 is 29.0 Å². The molecule has 1 aromatic carbocycles. The normalized spacial score (nSPS) is 18.1. The number of benzene rings is 1. The molecule has 2 aliphatic heterocycles. The number of aromatic nitrogens is 2. The highest BCUT2D eigenvalue weighted by Crippen LogP contribution is 2.34. The van der Waals surface area contributed by atoms with E-state index in [9.17, 15) is 5.26 Å². The molecular formula is C22H24N6S. The molecule has 6 nitrogen and oxygen atoms in total. The van der Waals surface area contributed by atoms with Gasteiger partial charge in [-0.1, -0.05) is 42.1 Å². The molecule has 3 heterocycles. The Morgan fingerprint density at radius 2 is 2.03 bits per heavy atom. The maximum absolute atomic E-state index is 9.75. The highest BCUT2D eigenvalue weighted by molar-refractivity contribution is 8.06. The molecule has 4 rings (SSSR count). The van der Waals surface area contributed by atoms with Gasteiger partial charge in [0.05, 0.1) is 16.4 Å². The van der Waals surface area contributed by atoms with Crippen molar-refractivity contribution in [3.05, 3.63) is 64.3 Å². The Morgan fingerprint density at radius 3 is 2.83 bits per heavy atom. The number of likely N-dealkylation sites (tertiary alicyclic amines) is 1. The molecule has 2 aromatic rings. The minimum Gasteiger partial charge on any atom is -0.354 e. The first-order valence-corrected chi connectivity index (χ1v) is 10.8. The average molecular weight is 405 g/mol. The molecule has 1 fully saturated rings. The van der Waals surface area contributed by atoms with Gasteiger partial charge >= 0.3 is 0 Å². The van der Waals surface area contributed by atoms with Crippen LogP contribution in [0.5, 0.6) is 0 Å². The molecule has 0 atom stereocenters. The van der Waals surface area contributed by atoms with E-state index in [2.05, 4.69) is 31.6 Å². The summed E-state index contributed by atoms with van der Waals surface area (Å²) in [7, 11) is 0. The molecule has 2 N–H and O–H groups in total. The van der Waals surface area contributed by atoms with Gasteiger partial charge in [0.15, 0.2) is 0 Å². The zero-order valence-electron chi connectivity index (χ0n) is 16.3. The quantitative estimate of drug-likeness (QED) is 0.535. The van der Waals surface area contributed by atoms with E-state index in [4.69, 9.17) is 0 Å². The molecule has 148 valence electrons. The molecular weight excluding hydrogens is 380 g/mol. The van der Waals surface area contributed by atoms with E-state index in [1.807, 2.05) is 35.7 Å². The number of hydrogen-bond acceptors (Lipinski definition) is 7. The zero-order valence-corrected chi connectivity index (χ0v) is 17.1. The zero-order chi connectivity index (χ0) is 19.9. The predicted molar refractivity (Wildman–Crippen MR) is 118 cm³/mol. The maximum atomic E-state index is 9.75. The van der Waals surface area contributed by atoms with E-state index >= 15 is 0 Å². The standard InChI is InChI=1S/C22H24N6S/c23-15-18(21-26-20(16-29-21)17-7-2-1-3-8-17)19-9-11-25-22(27-19)24-10-6-14-28-12-4-5-13-28/h1-3,7-9,11,16,26H,4-6,10,12-14H2,(H,24,25,27)/b21-18+. The van der Waals surface area contributed by atoms with Crippen molar-refractivity contribution < 1.29 is 0 Å². The van der Waals surface area contributed by atoms with Crippen molar-refractivity contribution in [2.75, 3.05) is 31.5 Å². The van der Waals surface area contributed by atoms with E-state index in [1.54, 1.807) is 12.3 Å². The number of rotatable bonds is 7. The molecule has 29 heavy (non-hydrogen) atoms. The Kier molecular flexibility index (Phi) is 6.45. The van der Waals surface area contributed by atoms with Gasteiger partial charge in [-0.15, -0.1) is 0 Å². The summed E-state index contributed by atoms with van der Waals surface area (Å²) in [5.74, 6) is 0.566. The lowest BCUT2D eigenvalue weighted by Gasteiger charge is -2.14. The first-order chi connectivity index (χ1) is 14.3. The van der Waals surface area contributed by atoms with Crippen molar-refractivity contribution in [1.29, 1.82) is 5.26 Å². The van der Waals surface area contributed by atoms with Crippen LogP contribution in [0.2, 0.25) is 0 Å². The van der Waals surface area contributed by atoms with Gasteiger partial charge in [-0.05, 0) is 50.5 Å². The number of nitrogens with one attached hydrogen (secondary N) is 2. The Hall–Kier alpha value is -2.82. The number of anilines is 1. The van der Waals surface area contributed by atoms with Crippen LogP contribution in [0.4, 0.5) is 5.95 Å². The fourth-order valence-electron chi connectivity index (χ4n) is 3.49. The lowest BCUT2D eigenvalue weighted by Crippen LogP contribution is -2.22. The third kappa shape index (κ3) is 4.97. The number of nitriles is 1. The summed E-state index contributed by atoms with van der Waals surface area (Å²) >= 11 is 1.51. The van der Waals surface area contributed by atoms with Crippen LogP contribution >= 0.6 is 11.8 Å². The highest BCUT2D eigenvalue weighted by Gasteiger charge is 2.18. The van der Waals surface area contributed by atoms with Gasteiger partial charge in [0.2, 0.25) is 5.95 Å². The van der Waals surface area contributed by atoms with E-state index in [-0.39, 0.29) is 0 Å². The largest absolute Gasteiger partial charge is 0.354 e. The van der Waals surface area contributed by atoms with Crippen LogP contribution in [0.15, 0.2) is 53.0 Å². The first-order valence-electron chi connectivity index (χ1n) is 9.97. The molecule has 0 radical (unpaired) electrons. The molecule has 0 bridgehead atoms. The first kappa shape index (κ1) is 19.5. The van der Waals surface area contributed by atoms with Gasteiger partial charge in [-0.3, -0.25) is 0 Å². The molecule has 0 aliphatic carbocycles. The molecule has 0 saturated carbocycles. The molecule has 0 unspecified atom stereocenters. The van der Waals surface area contributed by atoms with Crippen LogP contribution in [-0.4, -0.2) is 41.0 Å². The van der Waals surface area contributed by atoms with E-state index < -0.39 is 0 Å². The van der Waals surface area contributed by atoms with E-state index in [1.165, 1.54) is 37.7 Å². The van der Waals surface area contributed by atoms with Crippen LogP contribution in [0, 0.1) is 11.3 Å². The second kappa shape index (κ2) is 9.59. The third-order valence-electron chi connectivity index (χ3n) is 5.01. The smallest absolute Gasteiger partial charge is 0.223 e. The Bertz CT molecular complexity index is 941. The lowest BCUT2D eigenvalue weighted by atomic mass is 10.1. The highest BCUT2D eigenvalue weighted by atomic mass is 32.2. The minimum absolute atomic E-state index is 0.527. The summed E-state index contributed by atoms with van der Waals surface area (Å²) in [4.78, 5) is 11.4. The van der Waals surface area contributed by atoms with Gasteiger partial charge in [0.25, 0.3) is 0 Å². The third-order valence-corrected chi connectivity index (χ3v) is 5.91. The van der Waals surface area contributed by atoms with E-state index in [0.29, 0.717) is 17.2 Å². The Morgan fingerprint density at radius 1 is 1.21 bits per heavy atom. The maximum Gasteiger partial charge on any atom is 0.223 e. The minimum atomic E-state index is 0.527. The average Bonchev–Trinajstić information content (AvgIpc) is 3.45. The number of nitrogens with zero attached hydrogens (tertiary/aromatic N) is 4. The molecule has 0 spiro atoms. The molecule has 2 aliphatic rings. The van der Waals surface area contributed by atoms with Gasteiger partial charge in [0.1, 0.15) is 11.6 Å². The molecule has 1 saturated heterocycles. The van der Waals surface area contributed by atoms with Crippen LogP contribution in [-0.2, 0) is 0 Å². The van der Waals surface area contributed by atoms with E-state index in [0.717, 1.165) is 35.8 Å². The molecule has 1 aromatic heterocycles. The predicted octanol–water partition coefficient (Wildman–Crippen LogP) is 3.90. The van der Waals surface area contributed by atoms with Crippen LogP contribution in [0.25, 0.3) is 11.3 Å². The lowest BCUT2D eigenvalue weighted by molar-refractivity contribution is 0.337. The number of thioether (sulfide) groups is 1. The van der Waals surface area contributed by atoms with Gasteiger partial charge in [-0.2, -0.15) is 5.26 Å². The Balaban J connectivity index is 1.40. The summed E-state index contributed by atoms with van der Waals surface area (Å²) in [6, 6.07) is 14.2. The monoisotopic (exact) mass is 404 g/mol. The van der Waals surface area contributed by atoms with Crippen molar-refractivity contribution in [3.63, 3.8) is 0 Å². The second-order valence-corrected chi connectivity index (χ2v) is 7.93. The Labute approximate surface area is 175 Å². The summed E-state index contributed by atoms with van der Waals surface area (Å²) in [6.07, 6.45) is 5.39. The van der Waals surface area contributed by atoms with Crippen LogP contribution in [0.1, 0.15) is 30.5 Å². The topological polar surface area (TPSA) is 76.9 Å². The van der Waals surface area contributed by atoms with Crippen molar-refractivity contribution in [2.45, 2.75) is 19.3 Å². The van der Waals surface area contributed by atoms with Gasteiger partial charge < -0.3 is 15.5 Å². The second-order valence-electron chi connectivity index (χ2n) is 7.05. The SMILES string of the molecule is N#C/C(=C1/NC(c2ccccc2)=CS1)c1ccnc(NCCCN2CCCC2)n1. The van der Waals surface area contributed by atoms with Gasteiger partial charge in [-0.25, -0.2) is 9.97 Å². The fraction of sp³-hybridized carbons (Fsp3) is 0.318. The summed E-state index contributed by atoms with van der Waals surface area (Å²) in [5, 5.41) is 19.2. The molecule has 7 heteroatoms. The number of hydrogen-bond donors (Lipinski definition) is 2. The summed E-state index contributed by atoms with van der Waals surface area (Å²) in [6.45, 7) is 4.36. The fourth-order valence-corrected chi connectivity index (χ4v) is 4.36. The summed E-state index contributed by atoms with van der Waals surface area (Å²) < 4.78 is 0. The van der Waals surface area contributed by atoms with Crippen molar-refractivity contribution in [3.8, 4) is 6.07 Å².